The van der Waals surface area contributed by atoms with Crippen LogP contribution < -0.4 is 4.74 Å². The summed E-state index contributed by atoms with van der Waals surface area (Å²) in [6, 6.07) is 7.63. The summed E-state index contributed by atoms with van der Waals surface area (Å²) < 4.78 is 5.18. The number of rotatable bonds is 7. The van der Waals surface area contributed by atoms with Crippen molar-refractivity contribution in [2.75, 3.05) is 19.0 Å². The van der Waals surface area contributed by atoms with Crippen molar-refractivity contribution in [3.63, 3.8) is 0 Å². The van der Waals surface area contributed by atoms with Crippen LogP contribution in [0.3, 0.4) is 0 Å². The van der Waals surface area contributed by atoms with Crippen LogP contribution in [0.1, 0.15) is 37.0 Å². The van der Waals surface area contributed by atoms with Gasteiger partial charge in [-0.1, -0.05) is 35.8 Å². The summed E-state index contributed by atoms with van der Waals surface area (Å²) in [6.07, 6.45) is 1.94. The van der Waals surface area contributed by atoms with Gasteiger partial charge in [0.25, 0.3) is 5.91 Å². The van der Waals surface area contributed by atoms with E-state index in [-0.39, 0.29) is 11.9 Å². The van der Waals surface area contributed by atoms with E-state index < -0.39 is 0 Å². The Hall–Kier alpha value is -1.03. The van der Waals surface area contributed by atoms with Crippen LogP contribution in [0.4, 0.5) is 0 Å². The lowest BCUT2D eigenvalue weighted by molar-refractivity contribution is 0.0682. The standard InChI is InChI=1S/C15H22BrNO2/c1-4-13(5-2)17(10-9-16)15(18)12-7-6-8-14(11-12)19-3/h6-8,11,13H,4-5,9-10H2,1-3H3. The Balaban J connectivity index is 2.97. The number of hydrogen-bond donors (Lipinski definition) is 0. The maximum Gasteiger partial charge on any atom is 0.254 e. The molecule has 0 heterocycles. The van der Waals surface area contributed by atoms with Gasteiger partial charge in [-0.25, -0.2) is 0 Å². The summed E-state index contributed by atoms with van der Waals surface area (Å²) in [4.78, 5) is 14.6. The second kappa shape index (κ2) is 8.20. The minimum Gasteiger partial charge on any atom is -0.497 e. The van der Waals surface area contributed by atoms with Crippen molar-refractivity contribution < 1.29 is 9.53 Å². The zero-order chi connectivity index (χ0) is 14.3. The molecule has 1 amide bonds. The molecule has 0 spiro atoms. The topological polar surface area (TPSA) is 29.5 Å². The van der Waals surface area contributed by atoms with Crippen molar-refractivity contribution in [2.24, 2.45) is 0 Å². The van der Waals surface area contributed by atoms with Crippen LogP contribution in [-0.4, -0.2) is 35.8 Å². The van der Waals surface area contributed by atoms with Crippen LogP contribution in [0.2, 0.25) is 0 Å². The molecule has 0 saturated heterocycles. The fourth-order valence-electron chi connectivity index (χ4n) is 2.19. The number of benzene rings is 1. The number of amides is 1. The van der Waals surface area contributed by atoms with Crippen LogP contribution in [-0.2, 0) is 0 Å². The molecule has 4 heteroatoms. The lowest BCUT2D eigenvalue weighted by Gasteiger charge is -2.30. The molecule has 0 aliphatic carbocycles. The van der Waals surface area contributed by atoms with Crippen LogP contribution in [0.15, 0.2) is 24.3 Å². The predicted molar refractivity (Wildman–Crippen MR) is 82.2 cm³/mol. The highest BCUT2D eigenvalue weighted by Gasteiger charge is 2.21. The summed E-state index contributed by atoms with van der Waals surface area (Å²) in [5, 5.41) is 0.791. The van der Waals surface area contributed by atoms with Gasteiger partial charge in [0.15, 0.2) is 0 Å². The highest BCUT2D eigenvalue weighted by atomic mass is 79.9. The molecule has 0 unspecified atom stereocenters. The predicted octanol–water partition coefficient (Wildman–Crippen LogP) is 3.72. The van der Waals surface area contributed by atoms with Crippen molar-refractivity contribution >= 4 is 21.8 Å². The van der Waals surface area contributed by atoms with Gasteiger partial charge in [0, 0.05) is 23.5 Å². The summed E-state index contributed by atoms with van der Waals surface area (Å²) in [5.74, 6) is 0.793. The van der Waals surface area contributed by atoms with Gasteiger partial charge in [0.05, 0.1) is 7.11 Å². The molecule has 0 bridgehead atoms. The smallest absolute Gasteiger partial charge is 0.254 e. The fourth-order valence-corrected chi connectivity index (χ4v) is 2.57. The molecule has 0 aliphatic rings. The molecule has 1 aromatic carbocycles. The normalized spacial score (nSPS) is 10.6. The first-order chi connectivity index (χ1) is 9.17. The van der Waals surface area contributed by atoms with Crippen LogP contribution in [0.25, 0.3) is 0 Å². The molecule has 19 heavy (non-hydrogen) atoms. The minimum atomic E-state index is 0.0760. The SMILES string of the molecule is CCC(CC)N(CCBr)C(=O)c1cccc(OC)c1. The highest BCUT2D eigenvalue weighted by molar-refractivity contribution is 9.09. The van der Waals surface area contributed by atoms with E-state index >= 15 is 0 Å². The van der Waals surface area contributed by atoms with Gasteiger partial charge in [-0.2, -0.15) is 0 Å². The van der Waals surface area contributed by atoms with Crippen LogP contribution in [0, 0.1) is 0 Å². The molecule has 106 valence electrons. The first-order valence-corrected chi connectivity index (χ1v) is 7.81. The van der Waals surface area contributed by atoms with Crippen molar-refractivity contribution in [1.29, 1.82) is 0 Å². The molecule has 0 aromatic heterocycles. The third-order valence-electron chi connectivity index (χ3n) is 3.29. The highest BCUT2D eigenvalue weighted by Crippen LogP contribution is 2.18. The van der Waals surface area contributed by atoms with E-state index in [0.29, 0.717) is 11.3 Å². The molecule has 1 rings (SSSR count). The molecule has 0 aliphatic heterocycles. The number of carbonyl (C=O) groups is 1. The van der Waals surface area contributed by atoms with E-state index in [0.717, 1.165) is 24.7 Å². The molecule has 3 nitrogen and oxygen atoms in total. The number of ether oxygens (including phenoxy) is 1. The van der Waals surface area contributed by atoms with Gasteiger partial charge >= 0.3 is 0 Å². The van der Waals surface area contributed by atoms with Gasteiger partial charge in [-0.15, -0.1) is 0 Å². The third kappa shape index (κ3) is 4.23. The molecular formula is C15H22BrNO2. The van der Waals surface area contributed by atoms with E-state index in [1.165, 1.54) is 0 Å². The zero-order valence-corrected chi connectivity index (χ0v) is 13.4. The van der Waals surface area contributed by atoms with E-state index in [2.05, 4.69) is 29.8 Å². The lowest BCUT2D eigenvalue weighted by atomic mass is 10.1. The maximum absolute atomic E-state index is 12.6. The van der Waals surface area contributed by atoms with Gasteiger partial charge in [-0.3, -0.25) is 4.79 Å². The molecule has 0 saturated carbocycles. The molecule has 1 aromatic rings. The van der Waals surface area contributed by atoms with Gasteiger partial charge in [-0.05, 0) is 31.0 Å². The Bertz CT molecular complexity index is 405. The lowest BCUT2D eigenvalue weighted by Crippen LogP contribution is -2.41. The fraction of sp³-hybridized carbons (Fsp3) is 0.533. The minimum absolute atomic E-state index is 0.0760. The third-order valence-corrected chi connectivity index (χ3v) is 3.64. The average Bonchev–Trinajstić information content (AvgIpc) is 2.47. The maximum atomic E-state index is 12.6. The average molecular weight is 328 g/mol. The Kier molecular flexibility index (Phi) is 6.92. The van der Waals surface area contributed by atoms with Crippen molar-refractivity contribution in [3.8, 4) is 5.75 Å². The van der Waals surface area contributed by atoms with E-state index in [9.17, 15) is 4.79 Å². The van der Waals surface area contributed by atoms with Gasteiger partial charge in [0.1, 0.15) is 5.75 Å². The monoisotopic (exact) mass is 327 g/mol. The van der Waals surface area contributed by atoms with Gasteiger partial charge < -0.3 is 9.64 Å². The first-order valence-electron chi connectivity index (χ1n) is 6.68. The van der Waals surface area contributed by atoms with E-state index in [1.54, 1.807) is 13.2 Å². The van der Waals surface area contributed by atoms with E-state index in [4.69, 9.17) is 4.74 Å². The zero-order valence-electron chi connectivity index (χ0n) is 11.9. The van der Waals surface area contributed by atoms with Crippen molar-refractivity contribution in [2.45, 2.75) is 32.7 Å². The summed E-state index contributed by atoms with van der Waals surface area (Å²) >= 11 is 3.43. The summed E-state index contributed by atoms with van der Waals surface area (Å²) in [6.45, 7) is 4.96. The van der Waals surface area contributed by atoms with Crippen LogP contribution >= 0.6 is 15.9 Å². The molecule has 0 N–H and O–H groups in total. The number of halogens is 1. The Morgan fingerprint density at radius 3 is 2.58 bits per heavy atom. The quantitative estimate of drug-likeness (QED) is 0.714. The second-order valence-electron chi connectivity index (χ2n) is 4.39. The van der Waals surface area contributed by atoms with Crippen molar-refractivity contribution in [3.05, 3.63) is 29.8 Å². The second-order valence-corrected chi connectivity index (χ2v) is 5.18. The number of methoxy groups -OCH3 is 1. The number of hydrogen-bond acceptors (Lipinski definition) is 2. The summed E-state index contributed by atoms with van der Waals surface area (Å²) in [7, 11) is 1.61. The number of alkyl halides is 1. The Labute approximate surface area is 124 Å². The Morgan fingerprint density at radius 2 is 2.05 bits per heavy atom. The number of carbonyl (C=O) groups excluding carboxylic acids is 1. The molecule has 0 atom stereocenters. The van der Waals surface area contributed by atoms with E-state index in [1.807, 2.05) is 23.1 Å². The number of nitrogens with zero attached hydrogens (tertiary/aromatic N) is 1. The molecular weight excluding hydrogens is 306 g/mol. The van der Waals surface area contributed by atoms with Gasteiger partial charge in [0.2, 0.25) is 0 Å². The van der Waals surface area contributed by atoms with Crippen molar-refractivity contribution in [1.82, 2.24) is 4.90 Å². The Morgan fingerprint density at radius 1 is 1.37 bits per heavy atom. The first kappa shape index (κ1) is 16.0. The largest absolute Gasteiger partial charge is 0.497 e. The molecule has 0 radical (unpaired) electrons. The van der Waals surface area contributed by atoms with Crippen LogP contribution in [0.5, 0.6) is 5.75 Å². The molecule has 0 fully saturated rings. The summed E-state index contributed by atoms with van der Waals surface area (Å²) in [5.41, 5.74) is 0.687.